The van der Waals surface area contributed by atoms with E-state index in [9.17, 15) is 0 Å². The maximum atomic E-state index is 5.28. The summed E-state index contributed by atoms with van der Waals surface area (Å²) in [6.45, 7) is 3.59. The topological polar surface area (TPSA) is 21.3 Å². The standard InChI is InChI=1S/C11H15NO/c1-2-12-8-9-13-10-11-6-4-3-5-7-11/h3-9,12H,2,10H2,1H3. The van der Waals surface area contributed by atoms with Crippen LogP contribution in [0.25, 0.3) is 0 Å². The van der Waals surface area contributed by atoms with Crippen LogP contribution in [0.3, 0.4) is 0 Å². The molecule has 1 rings (SSSR count). The molecule has 0 amide bonds. The molecule has 13 heavy (non-hydrogen) atoms. The highest BCUT2D eigenvalue weighted by Crippen LogP contribution is 1.99. The highest BCUT2D eigenvalue weighted by molar-refractivity contribution is 5.13. The Morgan fingerprint density at radius 2 is 2.08 bits per heavy atom. The lowest BCUT2D eigenvalue weighted by molar-refractivity contribution is 0.235. The molecule has 0 heterocycles. The zero-order chi connectivity index (χ0) is 9.36. The number of ether oxygens (including phenoxy) is 1. The Kier molecular flexibility index (Phi) is 4.54. The third kappa shape index (κ3) is 4.21. The van der Waals surface area contributed by atoms with Crippen molar-refractivity contribution in [3.05, 3.63) is 48.4 Å². The van der Waals surface area contributed by atoms with Crippen LogP contribution in [0.1, 0.15) is 12.5 Å². The number of benzene rings is 1. The maximum absolute atomic E-state index is 5.28. The van der Waals surface area contributed by atoms with E-state index in [1.165, 1.54) is 5.56 Å². The van der Waals surface area contributed by atoms with Gasteiger partial charge in [0.25, 0.3) is 0 Å². The van der Waals surface area contributed by atoms with Gasteiger partial charge in [-0.05, 0) is 12.5 Å². The summed E-state index contributed by atoms with van der Waals surface area (Å²) in [5.41, 5.74) is 1.18. The Morgan fingerprint density at radius 1 is 1.31 bits per heavy atom. The van der Waals surface area contributed by atoms with Gasteiger partial charge in [0.2, 0.25) is 0 Å². The molecule has 0 fully saturated rings. The van der Waals surface area contributed by atoms with E-state index in [0.717, 1.165) is 6.54 Å². The minimum absolute atomic E-state index is 0.628. The first-order valence-electron chi connectivity index (χ1n) is 4.47. The second kappa shape index (κ2) is 6.12. The van der Waals surface area contributed by atoms with Crippen LogP contribution in [0.15, 0.2) is 42.8 Å². The van der Waals surface area contributed by atoms with E-state index in [1.807, 2.05) is 43.5 Å². The summed E-state index contributed by atoms with van der Waals surface area (Å²) >= 11 is 0. The molecule has 2 heteroatoms. The Morgan fingerprint density at radius 3 is 2.77 bits per heavy atom. The predicted octanol–water partition coefficient (Wildman–Crippen LogP) is 2.28. The number of hydrogen-bond donors (Lipinski definition) is 1. The van der Waals surface area contributed by atoms with Crippen LogP contribution in [0.4, 0.5) is 0 Å². The molecule has 0 aromatic heterocycles. The van der Waals surface area contributed by atoms with Crippen molar-refractivity contribution in [2.24, 2.45) is 0 Å². The summed E-state index contributed by atoms with van der Waals surface area (Å²) in [6.07, 6.45) is 3.49. The molecule has 0 bridgehead atoms. The van der Waals surface area contributed by atoms with Gasteiger partial charge in [-0.1, -0.05) is 30.3 Å². The highest BCUT2D eigenvalue weighted by Gasteiger charge is 1.86. The molecular formula is C11H15NO. The maximum Gasteiger partial charge on any atom is 0.112 e. The molecule has 70 valence electrons. The van der Waals surface area contributed by atoms with Gasteiger partial charge in [0, 0.05) is 12.7 Å². The third-order valence-corrected chi connectivity index (χ3v) is 1.58. The van der Waals surface area contributed by atoms with Crippen molar-refractivity contribution >= 4 is 0 Å². The van der Waals surface area contributed by atoms with Crippen molar-refractivity contribution in [3.63, 3.8) is 0 Å². The lowest BCUT2D eigenvalue weighted by atomic mass is 10.2. The first-order chi connectivity index (χ1) is 6.43. The Labute approximate surface area is 79.2 Å². The van der Waals surface area contributed by atoms with Crippen molar-refractivity contribution in [3.8, 4) is 0 Å². The van der Waals surface area contributed by atoms with Crippen LogP contribution in [-0.2, 0) is 11.3 Å². The van der Waals surface area contributed by atoms with E-state index in [0.29, 0.717) is 6.61 Å². The van der Waals surface area contributed by atoms with Gasteiger partial charge >= 0.3 is 0 Å². The summed E-state index contributed by atoms with van der Waals surface area (Å²) in [5, 5.41) is 3.03. The molecule has 0 aliphatic heterocycles. The molecule has 0 atom stereocenters. The molecule has 0 saturated carbocycles. The van der Waals surface area contributed by atoms with Gasteiger partial charge in [-0.25, -0.2) is 0 Å². The van der Waals surface area contributed by atoms with E-state index in [1.54, 1.807) is 6.26 Å². The van der Waals surface area contributed by atoms with Crippen LogP contribution >= 0.6 is 0 Å². The number of hydrogen-bond acceptors (Lipinski definition) is 2. The Bertz CT molecular complexity index is 244. The van der Waals surface area contributed by atoms with Crippen molar-refractivity contribution < 1.29 is 4.74 Å². The van der Waals surface area contributed by atoms with Crippen LogP contribution in [0.5, 0.6) is 0 Å². The SMILES string of the molecule is CCNC=COCc1ccccc1. The smallest absolute Gasteiger partial charge is 0.112 e. The van der Waals surface area contributed by atoms with Crippen LogP contribution in [0, 0.1) is 0 Å². The van der Waals surface area contributed by atoms with Crippen molar-refractivity contribution in [1.82, 2.24) is 5.32 Å². The summed E-state index contributed by atoms with van der Waals surface area (Å²) < 4.78 is 5.28. The summed E-state index contributed by atoms with van der Waals surface area (Å²) in [7, 11) is 0. The molecule has 0 saturated heterocycles. The Balaban J connectivity index is 2.20. The normalized spacial score (nSPS) is 10.2. The van der Waals surface area contributed by atoms with Crippen LogP contribution in [-0.4, -0.2) is 6.54 Å². The highest BCUT2D eigenvalue weighted by atomic mass is 16.5. The fourth-order valence-electron chi connectivity index (χ4n) is 0.933. The molecule has 0 aliphatic rings. The molecule has 0 radical (unpaired) electrons. The monoisotopic (exact) mass is 177 g/mol. The molecule has 0 spiro atoms. The minimum Gasteiger partial charge on any atom is -0.495 e. The first-order valence-corrected chi connectivity index (χ1v) is 4.47. The zero-order valence-corrected chi connectivity index (χ0v) is 7.86. The number of rotatable bonds is 5. The molecule has 0 unspecified atom stereocenters. The minimum atomic E-state index is 0.628. The average molecular weight is 177 g/mol. The van der Waals surface area contributed by atoms with E-state index in [2.05, 4.69) is 5.32 Å². The van der Waals surface area contributed by atoms with E-state index < -0.39 is 0 Å². The van der Waals surface area contributed by atoms with Crippen molar-refractivity contribution in [1.29, 1.82) is 0 Å². The van der Waals surface area contributed by atoms with E-state index in [4.69, 9.17) is 4.74 Å². The third-order valence-electron chi connectivity index (χ3n) is 1.58. The van der Waals surface area contributed by atoms with Gasteiger partial charge in [-0.15, -0.1) is 0 Å². The molecule has 0 aliphatic carbocycles. The van der Waals surface area contributed by atoms with Gasteiger partial charge in [-0.3, -0.25) is 0 Å². The van der Waals surface area contributed by atoms with E-state index >= 15 is 0 Å². The fourth-order valence-corrected chi connectivity index (χ4v) is 0.933. The lowest BCUT2D eigenvalue weighted by Crippen LogP contribution is -2.01. The van der Waals surface area contributed by atoms with Gasteiger partial charge in [0.15, 0.2) is 0 Å². The number of nitrogens with one attached hydrogen (secondary N) is 1. The molecular weight excluding hydrogens is 162 g/mol. The molecule has 1 aromatic carbocycles. The van der Waals surface area contributed by atoms with Gasteiger partial charge in [0.1, 0.15) is 6.61 Å². The summed E-state index contributed by atoms with van der Waals surface area (Å²) in [5.74, 6) is 0. The second-order valence-electron chi connectivity index (χ2n) is 2.66. The quantitative estimate of drug-likeness (QED) is 0.697. The lowest BCUT2D eigenvalue weighted by Gasteiger charge is -2.00. The molecule has 1 N–H and O–H groups in total. The molecule has 1 aromatic rings. The van der Waals surface area contributed by atoms with Crippen LogP contribution < -0.4 is 5.32 Å². The second-order valence-corrected chi connectivity index (χ2v) is 2.66. The fraction of sp³-hybridized carbons (Fsp3) is 0.273. The summed E-state index contributed by atoms with van der Waals surface area (Å²) in [6, 6.07) is 10.1. The van der Waals surface area contributed by atoms with Crippen LogP contribution in [0.2, 0.25) is 0 Å². The predicted molar refractivity (Wildman–Crippen MR) is 54.0 cm³/mol. The Hall–Kier alpha value is -1.44. The van der Waals surface area contributed by atoms with Crippen molar-refractivity contribution in [2.45, 2.75) is 13.5 Å². The summed E-state index contributed by atoms with van der Waals surface area (Å²) in [4.78, 5) is 0. The molecule has 2 nitrogen and oxygen atoms in total. The van der Waals surface area contributed by atoms with Crippen molar-refractivity contribution in [2.75, 3.05) is 6.54 Å². The zero-order valence-electron chi connectivity index (χ0n) is 7.86. The largest absolute Gasteiger partial charge is 0.495 e. The average Bonchev–Trinajstić information content (AvgIpc) is 2.19. The van der Waals surface area contributed by atoms with Gasteiger partial charge in [0.05, 0.1) is 6.26 Å². The van der Waals surface area contributed by atoms with Gasteiger partial charge in [-0.2, -0.15) is 0 Å². The first kappa shape index (κ1) is 9.65. The van der Waals surface area contributed by atoms with Gasteiger partial charge < -0.3 is 10.1 Å². The van der Waals surface area contributed by atoms with E-state index in [-0.39, 0.29) is 0 Å².